The van der Waals surface area contributed by atoms with Gasteiger partial charge in [0.2, 0.25) is 0 Å². The van der Waals surface area contributed by atoms with Crippen LogP contribution in [0.1, 0.15) is 37.2 Å². The first-order valence-electron chi connectivity index (χ1n) is 8.03. The van der Waals surface area contributed by atoms with Gasteiger partial charge in [-0.05, 0) is 31.2 Å². The maximum atomic E-state index is 12.0. The zero-order valence-electron chi connectivity index (χ0n) is 13.1. The van der Waals surface area contributed by atoms with Crippen molar-refractivity contribution >= 4 is 12.0 Å². The van der Waals surface area contributed by atoms with Gasteiger partial charge in [0.05, 0.1) is 12.5 Å². The van der Waals surface area contributed by atoms with Gasteiger partial charge in [-0.3, -0.25) is 4.79 Å². The van der Waals surface area contributed by atoms with Crippen LogP contribution in [0.25, 0.3) is 0 Å². The summed E-state index contributed by atoms with van der Waals surface area (Å²) in [5.41, 5.74) is 0.984. The second kappa shape index (κ2) is 8.53. The minimum Gasteiger partial charge on any atom is -0.481 e. The fourth-order valence-electron chi connectivity index (χ4n) is 2.95. The number of hydrogen-bond acceptors (Lipinski definition) is 3. The fourth-order valence-corrected chi connectivity index (χ4v) is 2.95. The Hall–Kier alpha value is -2.08. The van der Waals surface area contributed by atoms with Crippen LogP contribution in [0.3, 0.4) is 0 Å². The summed E-state index contributed by atoms with van der Waals surface area (Å²) in [6.07, 6.45) is 2.58. The molecule has 6 nitrogen and oxygen atoms in total. The summed E-state index contributed by atoms with van der Waals surface area (Å²) in [5.74, 6) is -1.17. The molecule has 2 amide bonds. The molecule has 1 aliphatic rings. The minimum absolute atomic E-state index is 0.0231. The van der Waals surface area contributed by atoms with E-state index in [-0.39, 0.29) is 30.5 Å². The molecule has 1 saturated carbocycles. The van der Waals surface area contributed by atoms with E-state index in [1.165, 1.54) is 0 Å². The van der Waals surface area contributed by atoms with Gasteiger partial charge in [-0.15, -0.1) is 0 Å². The molecule has 6 heteroatoms. The molecule has 0 radical (unpaired) electrons. The number of amides is 2. The lowest BCUT2D eigenvalue weighted by Crippen LogP contribution is -2.45. The van der Waals surface area contributed by atoms with E-state index in [1.807, 2.05) is 30.3 Å². The number of urea groups is 1. The number of nitrogens with one attached hydrogen (secondary N) is 2. The summed E-state index contributed by atoms with van der Waals surface area (Å²) in [4.78, 5) is 22.9. The summed E-state index contributed by atoms with van der Waals surface area (Å²) in [7, 11) is 0. The number of aliphatic hydroxyl groups is 1. The Kier molecular flexibility index (Phi) is 6.40. The highest BCUT2D eigenvalue weighted by Gasteiger charge is 2.26. The molecule has 0 bridgehead atoms. The monoisotopic (exact) mass is 320 g/mol. The Balaban J connectivity index is 1.74. The molecule has 1 unspecified atom stereocenters. The van der Waals surface area contributed by atoms with Crippen LogP contribution >= 0.6 is 0 Å². The van der Waals surface area contributed by atoms with Gasteiger partial charge < -0.3 is 20.8 Å². The van der Waals surface area contributed by atoms with Gasteiger partial charge in [0, 0.05) is 18.5 Å². The minimum atomic E-state index is -0.749. The lowest BCUT2D eigenvalue weighted by molar-refractivity contribution is -0.142. The zero-order chi connectivity index (χ0) is 16.7. The number of carbonyl (C=O) groups is 2. The molecule has 1 atom stereocenters. The molecule has 1 aromatic rings. The molecule has 1 fully saturated rings. The Bertz CT molecular complexity index is 513. The van der Waals surface area contributed by atoms with E-state index in [4.69, 9.17) is 5.11 Å². The maximum absolute atomic E-state index is 12.0. The van der Waals surface area contributed by atoms with Crippen LogP contribution in [0.4, 0.5) is 4.79 Å². The summed E-state index contributed by atoms with van der Waals surface area (Å²) in [5, 5.41) is 24.1. The summed E-state index contributed by atoms with van der Waals surface area (Å²) in [6, 6.07) is 9.32. The molecule has 126 valence electrons. The molecule has 0 heterocycles. The van der Waals surface area contributed by atoms with Crippen LogP contribution in [-0.4, -0.2) is 41.4 Å². The van der Waals surface area contributed by atoms with Crippen molar-refractivity contribution in [2.24, 2.45) is 5.92 Å². The van der Waals surface area contributed by atoms with Gasteiger partial charge in [-0.1, -0.05) is 30.3 Å². The number of carboxylic acids is 1. The number of carboxylic acid groups (broad SMARTS) is 1. The second-order valence-electron chi connectivity index (χ2n) is 6.03. The maximum Gasteiger partial charge on any atom is 0.315 e. The van der Waals surface area contributed by atoms with E-state index in [1.54, 1.807) is 0 Å². The Morgan fingerprint density at radius 2 is 1.78 bits per heavy atom. The number of benzene rings is 1. The van der Waals surface area contributed by atoms with Crippen molar-refractivity contribution in [3.05, 3.63) is 35.9 Å². The van der Waals surface area contributed by atoms with Crippen molar-refractivity contribution in [3.63, 3.8) is 0 Å². The van der Waals surface area contributed by atoms with Crippen molar-refractivity contribution in [1.82, 2.24) is 10.6 Å². The van der Waals surface area contributed by atoms with Gasteiger partial charge in [-0.25, -0.2) is 4.79 Å². The number of rotatable bonds is 6. The quantitative estimate of drug-likeness (QED) is 0.641. The molecular formula is C17H24N2O4. The van der Waals surface area contributed by atoms with Crippen LogP contribution in [0.15, 0.2) is 30.3 Å². The van der Waals surface area contributed by atoms with Crippen LogP contribution in [-0.2, 0) is 4.79 Å². The first-order valence-corrected chi connectivity index (χ1v) is 8.03. The largest absolute Gasteiger partial charge is 0.481 e. The highest BCUT2D eigenvalue weighted by atomic mass is 16.4. The molecule has 2 rings (SSSR count). The number of hydrogen-bond donors (Lipinski definition) is 4. The Morgan fingerprint density at radius 3 is 2.35 bits per heavy atom. The van der Waals surface area contributed by atoms with Crippen LogP contribution in [0, 0.1) is 5.92 Å². The van der Waals surface area contributed by atoms with Gasteiger partial charge in [-0.2, -0.15) is 0 Å². The average molecular weight is 320 g/mol. The highest BCUT2D eigenvalue weighted by molar-refractivity contribution is 5.74. The topological polar surface area (TPSA) is 98.7 Å². The number of aliphatic carboxylic acids is 1. The molecular weight excluding hydrogens is 296 g/mol. The first-order chi connectivity index (χ1) is 11.1. The lowest BCUT2D eigenvalue weighted by atomic mass is 9.86. The summed E-state index contributed by atoms with van der Waals surface area (Å²) >= 11 is 0. The first kappa shape index (κ1) is 17.3. The molecule has 0 aromatic heterocycles. The van der Waals surface area contributed by atoms with Crippen molar-refractivity contribution in [2.45, 2.75) is 37.6 Å². The van der Waals surface area contributed by atoms with Crippen LogP contribution in [0.5, 0.6) is 0 Å². The van der Waals surface area contributed by atoms with Gasteiger partial charge in [0.15, 0.2) is 0 Å². The van der Waals surface area contributed by atoms with E-state index >= 15 is 0 Å². The van der Waals surface area contributed by atoms with Crippen molar-refractivity contribution in [1.29, 1.82) is 0 Å². The highest BCUT2D eigenvalue weighted by Crippen LogP contribution is 2.24. The van der Waals surface area contributed by atoms with E-state index in [0.29, 0.717) is 32.2 Å². The van der Waals surface area contributed by atoms with E-state index in [2.05, 4.69) is 10.6 Å². The third kappa shape index (κ3) is 5.25. The summed E-state index contributed by atoms with van der Waals surface area (Å²) < 4.78 is 0. The molecule has 0 aliphatic heterocycles. The third-order valence-corrected chi connectivity index (χ3v) is 4.41. The van der Waals surface area contributed by atoms with Crippen molar-refractivity contribution < 1.29 is 19.8 Å². The molecule has 4 N–H and O–H groups in total. The van der Waals surface area contributed by atoms with Crippen molar-refractivity contribution in [3.8, 4) is 0 Å². The smallest absolute Gasteiger partial charge is 0.315 e. The lowest BCUT2D eigenvalue weighted by Gasteiger charge is -2.27. The molecule has 1 aromatic carbocycles. The van der Waals surface area contributed by atoms with Crippen molar-refractivity contribution in [2.75, 3.05) is 13.2 Å². The molecule has 1 aliphatic carbocycles. The van der Waals surface area contributed by atoms with Crippen LogP contribution < -0.4 is 10.6 Å². The van der Waals surface area contributed by atoms with Crippen LogP contribution in [0.2, 0.25) is 0 Å². The second-order valence-corrected chi connectivity index (χ2v) is 6.03. The van der Waals surface area contributed by atoms with E-state index in [9.17, 15) is 14.7 Å². The fraction of sp³-hybridized carbons (Fsp3) is 0.529. The molecule has 0 saturated heterocycles. The summed E-state index contributed by atoms with van der Waals surface area (Å²) in [6.45, 7) is 0.324. The Morgan fingerprint density at radius 1 is 1.13 bits per heavy atom. The Labute approximate surface area is 135 Å². The van der Waals surface area contributed by atoms with E-state index in [0.717, 1.165) is 5.56 Å². The third-order valence-electron chi connectivity index (χ3n) is 4.41. The standard InChI is InChI=1S/C17H24N2O4/c20-11-14(12-4-2-1-3-5-12)10-18-17(23)19-15-8-6-13(7-9-15)16(21)22/h1-5,13-15,20H,6-11H2,(H,21,22)(H2,18,19,23). The number of carbonyl (C=O) groups excluding carboxylic acids is 1. The predicted molar refractivity (Wildman–Crippen MR) is 86.2 cm³/mol. The zero-order valence-corrected chi connectivity index (χ0v) is 13.1. The van der Waals surface area contributed by atoms with E-state index < -0.39 is 5.97 Å². The average Bonchev–Trinajstić information content (AvgIpc) is 2.57. The van der Waals surface area contributed by atoms with Gasteiger partial charge >= 0.3 is 12.0 Å². The predicted octanol–water partition coefficient (Wildman–Crippen LogP) is 1.71. The SMILES string of the molecule is O=C(NCC(CO)c1ccccc1)NC1CCC(C(=O)O)CC1. The molecule has 23 heavy (non-hydrogen) atoms. The molecule has 0 spiro atoms. The number of aliphatic hydroxyl groups excluding tert-OH is 1. The van der Waals surface area contributed by atoms with Gasteiger partial charge in [0.25, 0.3) is 0 Å². The van der Waals surface area contributed by atoms with Gasteiger partial charge in [0.1, 0.15) is 0 Å². The normalized spacial score (nSPS) is 22.1.